The van der Waals surface area contributed by atoms with E-state index in [0.29, 0.717) is 0 Å². The van der Waals surface area contributed by atoms with Crippen LogP contribution in [0, 0.1) is 27.7 Å². The van der Waals surface area contributed by atoms with Crippen molar-refractivity contribution in [3.63, 3.8) is 0 Å². The predicted octanol–water partition coefficient (Wildman–Crippen LogP) is 8.07. The molecule has 4 rings (SSSR count). The zero-order valence-corrected chi connectivity index (χ0v) is 18.1. The van der Waals surface area contributed by atoms with Gasteiger partial charge in [0.05, 0.1) is 0 Å². The fourth-order valence-corrected chi connectivity index (χ4v) is 3.54. The summed E-state index contributed by atoms with van der Waals surface area (Å²) in [6.45, 7) is 8.57. The molecular formula is C28H28N2. The largest absolute Gasteiger partial charge is 0.355 e. The van der Waals surface area contributed by atoms with Gasteiger partial charge in [-0.05, 0) is 104 Å². The SMILES string of the molecule is Cc1ccc(Nc2cc(Nc3ccc(C)c(C)c3)cc(-c3ccccc3)c2)cc1C. The van der Waals surface area contributed by atoms with Crippen LogP contribution in [-0.4, -0.2) is 0 Å². The third-order valence-electron chi connectivity index (χ3n) is 5.63. The summed E-state index contributed by atoms with van der Waals surface area (Å²) in [6, 6.07) is 30.1. The highest BCUT2D eigenvalue weighted by atomic mass is 14.9. The normalized spacial score (nSPS) is 10.7. The summed E-state index contributed by atoms with van der Waals surface area (Å²) in [5.74, 6) is 0. The molecule has 0 saturated heterocycles. The van der Waals surface area contributed by atoms with Crippen LogP contribution in [0.25, 0.3) is 11.1 Å². The highest BCUT2D eigenvalue weighted by Gasteiger charge is 2.06. The van der Waals surface area contributed by atoms with Gasteiger partial charge >= 0.3 is 0 Å². The lowest BCUT2D eigenvalue weighted by Crippen LogP contribution is -1.96. The van der Waals surface area contributed by atoms with Crippen LogP contribution in [0.4, 0.5) is 22.7 Å². The third-order valence-corrected chi connectivity index (χ3v) is 5.63. The van der Waals surface area contributed by atoms with Gasteiger partial charge < -0.3 is 10.6 Å². The molecule has 4 aromatic rings. The van der Waals surface area contributed by atoms with Gasteiger partial charge in [-0.15, -0.1) is 0 Å². The summed E-state index contributed by atoms with van der Waals surface area (Å²) in [6.07, 6.45) is 0. The maximum atomic E-state index is 3.59. The highest BCUT2D eigenvalue weighted by molar-refractivity contribution is 5.78. The van der Waals surface area contributed by atoms with Gasteiger partial charge in [0, 0.05) is 22.7 Å². The first-order valence-corrected chi connectivity index (χ1v) is 10.4. The van der Waals surface area contributed by atoms with E-state index in [-0.39, 0.29) is 0 Å². The monoisotopic (exact) mass is 392 g/mol. The molecule has 0 unspecified atom stereocenters. The smallest absolute Gasteiger partial charge is 0.0411 e. The van der Waals surface area contributed by atoms with Crippen molar-refractivity contribution in [2.24, 2.45) is 0 Å². The molecule has 0 amide bonds. The minimum Gasteiger partial charge on any atom is -0.355 e. The van der Waals surface area contributed by atoms with Crippen molar-refractivity contribution in [3.05, 3.63) is 107 Å². The summed E-state index contributed by atoms with van der Waals surface area (Å²) < 4.78 is 0. The second-order valence-electron chi connectivity index (χ2n) is 8.01. The molecule has 0 aliphatic heterocycles. The van der Waals surface area contributed by atoms with Crippen molar-refractivity contribution in [2.75, 3.05) is 10.6 Å². The van der Waals surface area contributed by atoms with Crippen LogP contribution in [0.5, 0.6) is 0 Å². The Balaban J connectivity index is 1.72. The molecule has 0 fully saturated rings. The van der Waals surface area contributed by atoms with Crippen LogP contribution < -0.4 is 10.6 Å². The van der Waals surface area contributed by atoms with Gasteiger partial charge in [-0.2, -0.15) is 0 Å². The Labute approximate surface area is 179 Å². The van der Waals surface area contributed by atoms with Crippen molar-refractivity contribution in [1.82, 2.24) is 0 Å². The van der Waals surface area contributed by atoms with E-state index < -0.39 is 0 Å². The number of aryl methyl sites for hydroxylation is 4. The average Bonchev–Trinajstić information content (AvgIpc) is 2.74. The first-order valence-electron chi connectivity index (χ1n) is 10.4. The fraction of sp³-hybridized carbons (Fsp3) is 0.143. The summed E-state index contributed by atoms with van der Waals surface area (Å²) in [5, 5.41) is 7.18. The Hall–Kier alpha value is -3.52. The molecule has 4 aromatic carbocycles. The van der Waals surface area contributed by atoms with E-state index in [2.05, 4.69) is 123 Å². The van der Waals surface area contributed by atoms with E-state index in [0.717, 1.165) is 22.7 Å². The summed E-state index contributed by atoms with van der Waals surface area (Å²) >= 11 is 0. The zero-order chi connectivity index (χ0) is 21.1. The number of hydrogen-bond acceptors (Lipinski definition) is 2. The minimum atomic E-state index is 1.06. The number of nitrogens with one attached hydrogen (secondary N) is 2. The van der Waals surface area contributed by atoms with Crippen LogP contribution in [0.3, 0.4) is 0 Å². The Morgan fingerprint density at radius 1 is 0.400 bits per heavy atom. The van der Waals surface area contributed by atoms with Crippen LogP contribution in [0.1, 0.15) is 22.3 Å². The number of benzene rings is 4. The minimum absolute atomic E-state index is 1.06. The van der Waals surface area contributed by atoms with Gasteiger partial charge in [-0.1, -0.05) is 42.5 Å². The van der Waals surface area contributed by atoms with Crippen molar-refractivity contribution in [1.29, 1.82) is 0 Å². The van der Waals surface area contributed by atoms with Gasteiger partial charge in [-0.3, -0.25) is 0 Å². The molecular weight excluding hydrogens is 364 g/mol. The quantitative estimate of drug-likeness (QED) is 0.359. The molecule has 2 nitrogen and oxygen atoms in total. The van der Waals surface area contributed by atoms with E-state index in [1.54, 1.807) is 0 Å². The van der Waals surface area contributed by atoms with E-state index >= 15 is 0 Å². The Bertz CT molecular complexity index is 1100. The first-order chi connectivity index (χ1) is 14.5. The first kappa shape index (κ1) is 19.8. The van der Waals surface area contributed by atoms with E-state index in [9.17, 15) is 0 Å². The average molecular weight is 393 g/mol. The van der Waals surface area contributed by atoms with Crippen molar-refractivity contribution in [2.45, 2.75) is 27.7 Å². The van der Waals surface area contributed by atoms with Crippen LogP contribution in [0.2, 0.25) is 0 Å². The maximum absolute atomic E-state index is 3.59. The van der Waals surface area contributed by atoms with Crippen LogP contribution in [0.15, 0.2) is 84.9 Å². The van der Waals surface area contributed by atoms with E-state index in [4.69, 9.17) is 0 Å². The molecule has 0 heterocycles. The lowest BCUT2D eigenvalue weighted by Gasteiger charge is -2.15. The standard InChI is InChI=1S/C28H28N2/c1-19-10-12-25(14-21(19)3)29-27-16-24(23-8-6-5-7-9-23)17-28(18-27)30-26-13-11-20(2)22(4)15-26/h5-18,29-30H,1-4H3. The predicted molar refractivity (Wildman–Crippen MR) is 130 cm³/mol. The molecule has 0 aromatic heterocycles. The second kappa shape index (κ2) is 8.46. The molecule has 0 aliphatic rings. The van der Waals surface area contributed by atoms with Gasteiger partial charge in [-0.25, -0.2) is 0 Å². The molecule has 30 heavy (non-hydrogen) atoms. The Morgan fingerprint density at radius 2 is 0.900 bits per heavy atom. The lowest BCUT2D eigenvalue weighted by atomic mass is 10.0. The molecule has 0 spiro atoms. The maximum Gasteiger partial charge on any atom is 0.0411 e. The zero-order valence-electron chi connectivity index (χ0n) is 18.1. The van der Waals surface area contributed by atoms with Crippen LogP contribution in [-0.2, 0) is 0 Å². The fourth-order valence-electron chi connectivity index (χ4n) is 3.54. The topological polar surface area (TPSA) is 24.1 Å². The van der Waals surface area contributed by atoms with Gasteiger partial charge in [0.25, 0.3) is 0 Å². The van der Waals surface area contributed by atoms with Crippen molar-refractivity contribution in [3.8, 4) is 11.1 Å². The van der Waals surface area contributed by atoms with Crippen molar-refractivity contribution >= 4 is 22.7 Å². The molecule has 2 N–H and O–H groups in total. The van der Waals surface area contributed by atoms with Gasteiger partial charge in [0.1, 0.15) is 0 Å². The van der Waals surface area contributed by atoms with E-state index in [1.165, 1.54) is 33.4 Å². The molecule has 150 valence electrons. The Morgan fingerprint density at radius 3 is 1.37 bits per heavy atom. The molecule has 0 radical (unpaired) electrons. The highest BCUT2D eigenvalue weighted by Crippen LogP contribution is 2.31. The van der Waals surface area contributed by atoms with Gasteiger partial charge in [0.2, 0.25) is 0 Å². The second-order valence-corrected chi connectivity index (χ2v) is 8.01. The molecule has 0 atom stereocenters. The van der Waals surface area contributed by atoms with Gasteiger partial charge in [0.15, 0.2) is 0 Å². The number of rotatable bonds is 5. The summed E-state index contributed by atoms with van der Waals surface area (Å²) in [7, 11) is 0. The summed E-state index contributed by atoms with van der Waals surface area (Å²) in [4.78, 5) is 0. The van der Waals surface area contributed by atoms with Crippen LogP contribution >= 0.6 is 0 Å². The molecule has 0 bridgehead atoms. The third kappa shape index (κ3) is 4.55. The molecule has 2 heteroatoms. The molecule has 0 saturated carbocycles. The summed E-state index contributed by atoms with van der Waals surface area (Å²) in [5.41, 5.74) is 11.9. The molecule has 0 aliphatic carbocycles. The number of anilines is 4. The van der Waals surface area contributed by atoms with Crippen molar-refractivity contribution < 1.29 is 0 Å². The Kier molecular flexibility index (Phi) is 5.58. The van der Waals surface area contributed by atoms with E-state index in [1.807, 2.05) is 0 Å². The lowest BCUT2D eigenvalue weighted by molar-refractivity contribution is 1.33. The number of hydrogen-bond donors (Lipinski definition) is 2.